The van der Waals surface area contributed by atoms with Gasteiger partial charge in [0, 0.05) is 12.8 Å². The number of unbranched alkanes of at least 4 members (excludes halogenated alkanes) is 1. The number of pyridine rings is 1. The molecule has 0 aromatic carbocycles. The number of aliphatic hydroxyl groups excluding tert-OH is 1. The van der Waals surface area contributed by atoms with Crippen molar-refractivity contribution in [3.05, 3.63) is 18.3 Å². The van der Waals surface area contributed by atoms with E-state index < -0.39 is 0 Å². The summed E-state index contributed by atoms with van der Waals surface area (Å²) < 4.78 is 0. The first-order chi connectivity index (χ1) is 7.29. The summed E-state index contributed by atoms with van der Waals surface area (Å²) in [5.74, 6) is 0.454. The molecule has 0 spiro atoms. The van der Waals surface area contributed by atoms with Gasteiger partial charge in [-0.3, -0.25) is 10.1 Å². The van der Waals surface area contributed by atoms with E-state index in [1.807, 2.05) is 12.1 Å². The fourth-order valence-electron chi connectivity index (χ4n) is 1.03. The van der Waals surface area contributed by atoms with Crippen LogP contribution >= 0.6 is 0 Å². The van der Waals surface area contributed by atoms with Gasteiger partial charge in [0.25, 0.3) is 0 Å². The highest BCUT2D eigenvalue weighted by molar-refractivity contribution is 5.83. The number of nitrogens with one attached hydrogen (secondary N) is 1. The fourth-order valence-corrected chi connectivity index (χ4v) is 1.03. The molecular formula is C10H16N4O. The monoisotopic (exact) mass is 208 g/mol. The lowest BCUT2D eigenvalue weighted by Crippen LogP contribution is -1.84. The minimum atomic E-state index is 0.344. The third-order valence-corrected chi connectivity index (χ3v) is 1.86. The van der Waals surface area contributed by atoms with E-state index in [-0.39, 0.29) is 0 Å². The first-order valence-electron chi connectivity index (χ1n) is 4.95. The third-order valence-electron chi connectivity index (χ3n) is 1.86. The lowest BCUT2D eigenvalue weighted by atomic mass is 10.4. The van der Waals surface area contributed by atoms with Crippen molar-refractivity contribution >= 4 is 16.9 Å². The maximum absolute atomic E-state index is 8.07. The van der Waals surface area contributed by atoms with E-state index >= 15 is 0 Å². The van der Waals surface area contributed by atoms with E-state index in [1.54, 1.807) is 6.20 Å². The number of aromatic nitrogens is 3. The molecule has 0 radical (unpaired) electrons. The zero-order valence-electron chi connectivity index (χ0n) is 8.77. The highest BCUT2D eigenvalue weighted by atomic mass is 16.2. The van der Waals surface area contributed by atoms with Gasteiger partial charge in [-0.05, 0) is 18.6 Å². The Balaban J connectivity index is 0.000000195. The zero-order valence-corrected chi connectivity index (χ0v) is 8.77. The van der Waals surface area contributed by atoms with Gasteiger partial charge in [-0.1, -0.05) is 13.3 Å². The van der Waals surface area contributed by atoms with Crippen molar-refractivity contribution in [1.82, 2.24) is 15.2 Å². The van der Waals surface area contributed by atoms with Crippen LogP contribution in [0.15, 0.2) is 18.3 Å². The van der Waals surface area contributed by atoms with E-state index in [9.17, 15) is 0 Å². The maximum atomic E-state index is 8.07. The molecular weight excluding hydrogens is 192 g/mol. The molecule has 0 aliphatic heterocycles. The van der Waals surface area contributed by atoms with Crippen LogP contribution in [-0.2, 0) is 0 Å². The minimum absolute atomic E-state index is 0.344. The van der Waals surface area contributed by atoms with Crippen molar-refractivity contribution in [2.45, 2.75) is 19.8 Å². The standard InChI is InChI=1S/C6H6N4.C4H10O/c7-6-5-4(9-10-6)2-1-3-8-5;1-2-3-4-5/h1-3H,(H3,7,9,10);5H,2-4H2,1H3. The molecule has 0 atom stereocenters. The molecule has 0 saturated carbocycles. The molecule has 4 N–H and O–H groups in total. The van der Waals surface area contributed by atoms with Crippen LogP contribution in [-0.4, -0.2) is 26.9 Å². The third kappa shape index (κ3) is 3.21. The summed E-state index contributed by atoms with van der Waals surface area (Å²) in [5, 5.41) is 14.6. The Hall–Kier alpha value is -1.62. The van der Waals surface area contributed by atoms with E-state index in [0.29, 0.717) is 12.4 Å². The van der Waals surface area contributed by atoms with Gasteiger partial charge in [-0.15, -0.1) is 0 Å². The van der Waals surface area contributed by atoms with Gasteiger partial charge in [-0.2, -0.15) is 5.10 Å². The molecule has 0 unspecified atom stereocenters. The Morgan fingerprint density at radius 1 is 1.53 bits per heavy atom. The average Bonchev–Trinajstić information content (AvgIpc) is 2.64. The second-order valence-electron chi connectivity index (χ2n) is 3.09. The lowest BCUT2D eigenvalue weighted by molar-refractivity contribution is 0.287. The Labute approximate surface area is 88.3 Å². The summed E-state index contributed by atoms with van der Waals surface area (Å²) in [6, 6.07) is 3.71. The number of anilines is 1. The molecule has 0 fully saturated rings. The molecule has 0 aliphatic rings. The number of hydrogen-bond acceptors (Lipinski definition) is 4. The Bertz CT molecular complexity index is 397. The minimum Gasteiger partial charge on any atom is -0.396 e. The number of fused-ring (bicyclic) bond motifs is 1. The molecule has 0 amide bonds. The highest BCUT2D eigenvalue weighted by Crippen LogP contribution is 2.12. The van der Waals surface area contributed by atoms with Crippen molar-refractivity contribution in [3.63, 3.8) is 0 Å². The second kappa shape index (κ2) is 5.98. The molecule has 2 rings (SSSR count). The van der Waals surface area contributed by atoms with Crippen LogP contribution in [0.25, 0.3) is 11.0 Å². The summed E-state index contributed by atoms with van der Waals surface area (Å²) in [6.45, 7) is 2.40. The van der Waals surface area contributed by atoms with Crippen LogP contribution in [0.3, 0.4) is 0 Å². The summed E-state index contributed by atoms with van der Waals surface area (Å²) in [7, 11) is 0. The number of nitrogens with zero attached hydrogens (tertiary/aromatic N) is 2. The molecule has 0 bridgehead atoms. The second-order valence-corrected chi connectivity index (χ2v) is 3.09. The summed E-state index contributed by atoms with van der Waals surface area (Å²) in [6.07, 6.45) is 3.73. The number of nitrogen functional groups attached to an aromatic ring is 1. The number of H-pyrrole nitrogens is 1. The van der Waals surface area contributed by atoms with Crippen LogP contribution in [0.2, 0.25) is 0 Å². The van der Waals surface area contributed by atoms with E-state index in [4.69, 9.17) is 10.8 Å². The number of hydrogen-bond donors (Lipinski definition) is 3. The first kappa shape index (κ1) is 11.5. The van der Waals surface area contributed by atoms with Gasteiger partial charge in [0.1, 0.15) is 5.52 Å². The van der Waals surface area contributed by atoms with Gasteiger partial charge < -0.3 is 10.8 Å². The molecule has 82 valence electrons. The lowest BCUT2D eigenvalue weighted by Gasteiger charge is -1.83. The quantitative estimate of drug-likeness (QED) is 0.694. The molecule has 0 aliphatic carbocycles. The van der Waals surface area contributed by atoms with Crippen molar-refractivity contribution in [2.75, 3.05) is 12.3 Å². The zero-order chi connectivity index (χ0) is 11.1. The van der Waals surface area contributed by atoms with Gasteiger partial charge in [-0.25, -0.2) is 0 Å². The van der Waals surface area contributed by atoms with Crippen LogP contribution in [0.4, 0.5) is 5.82 Å². The highest BCUT2D eigenvalue weighted by Gasteiger charge is 1.98. The van der Waals surface area contributed by atoms with Crippen molar-refractivity contribution in [2.24, 2.45) is 0 Å². The predicted octanol–water partition coefficient (Wildman–Crippen LogP) is 1.32. The molecule has 5 nitrogen and oxygen atoms in total. The van der Waals surface area contributed by atoms with Crippen LogP contribution in [0, 0.1) is 0 Å². The summed E-state index contributed by atoms with van der Waals surface area (Å²) >= 11 is 0. The van der Waals surface area contributed by atoms with Gasteiger partial charge in [0.05, 0.1) is 5.52 Å². The number of rotatable bonds is 2. The SMILES string of the molecule is CCCCO.Nc1n[nH]c2cccnc12. The van der Waals surface area contributed by atoms with Crippen molar-refractivity contribution in [3.8, 4) is 0 Å². The van der Waals surface area contributed by atoms with Gasteiger partial charge in [0.15, 0.2) is 5.82 Å². The smallest absolute Gasteiger partial charge is 0.171 e. The van der Waals surface area contributed by atoms with Crippen LogP contribution in [0.1, 0.15) is 19.8 Å². The normalized spacial score (nSPS) is 9.73. The summed E-state index contributed by atoms with van der Waals surface area (Å²) in [5.41, 5.74) is 7.08. The van der Waals surface area contributed by atoms with Gasteiger partial charge in [0.2, 0.25) is 0 Å². The molecule has 2 heterocycles. The largest absolute Gasteiger partial charge is 0.396 e. The molecule has 0 saturated heterocycles. The van der Waals surface area contributed by atoms with E-state index in [2.05, 4.69) is 22.1 Å². The predicted molar refractivity (Wildman–Crippen MR) is 60.3 cm³/mol. The van der Waals surface area contributed by atoms with Crippen molar-refractivity contribution < 1.29 is 5.11 Å². The number of aliphatic hydroxyl groups is 1. The molecule has 15 heavy (non-hydrogen) atoms. The number of nitrogens with two attached hydrogens (primary N) is 1. The molecule has 5 heteroatoms. The Morgan fingerprint density at radius 2 is 2.33 bits per heavy atom. The average molecular weight is 208 g/mol. The van der Waals surface area contributed by atoms with Crippen LogP contribution in [0.5, 0.6) is 0 Å². The molecule has 2 aromatic rings. The fraction of sp³-hybridized carbons (Fsp3) is 0.400. The Morgan fingerprint density at radius 3 is 2.87 bits per heavy atom. The van der Waals surface area contributed by atoms with Crippen LogP contribution < -0.4 is 5.73 Å². The van der Waals surface area contributed by atoms with E-state index in [1.165, 1.54) is 0 Å². The number of aromatic amines is 1. The summed E-state index contributed by atoms with van der Waals surface area (Å²) in [4.78, 5) is 4.02. The van der Waals surface area contributed by atoms with Crippen molar-refractivity contribution in [1.29, 1.82) is 0 Å². The van der Waals surface area contributed by atoms with E-state index in [0.717, 1.165) is 23.9 Å². The molecule has 2 aromatic heterocycles. The Kier molecular flexibility index (Phi) is 4.56. The van der Waals surface area contributed by atoms with Gasteiger partial charge >= 0.3 is 0 Å². The first-order valence-corrected chi connectivity index (χ1v) is 4.95. The maximum Gasteiger partial charge on any atom is 0.171 e. The topological polar surface area (TPSA) is 87.8 Å².